The molecule has 88 valence electrons. The van der Waals surface area contributed by atoms with Gasteiger partial charge in [0, 0.05) is 0 Å². The fraction of sp³-hybridized carbons (Fsp3) is 0.500. The molecule has 0 saturated heterocycles. The Morgan fingerprint density at radius 1 is 1.19 bits per heavy atom. The maximum atomic E-state index is 11.1. The average Bonchev–Trinajstić information content (AvgIpc) is 2.15. The van der Waals surface area contributed by atoms with E-state index in [2.05, 4.69) is 6.58 Å². The highest BCUT2D eigenvalue weighted by atomic mass is 16.4. The first kappa shape index (κ1) is 12.2. The molecule has 0 radical (unpaired) electrons. The Morgan fingerprint density at radius 2 is 1.69 bits per heavy atom. The third-order valence-electron chi connectivity index (χ3n) is 2.98. The first-order chi connectivity index (χ1) is 7.34. The van der Waals surface area contributed by atoms with Crippen LogP contribution in [0.2, 0.25) is 0 Å². The highest BCUT2D eigenvalue weighted by Crippen LogP contribution is 2.44. The molecule has 0 heterocycles. The summed E-state index contributed by atoms with van der Waals surface area (Å²) >= 11 is 0. The van der Waals surface area contributed by atoms with Crippen LogP contribution >= 0.6 is 0 Å². The first-order valence-corrected chi connectivity index (χ1v) is 4.71. The molecule has 1 unspecified atom stereocenters. The summed E-state index contributed by atoms with van der Waals surface area (Å²) in [6.45, 7) is 3.47. The lowest BCUT2D eigenvalue weighted by molar-refractivity contribution is -0.176. The van der Waals surface area contributed by atoms with Crippen molar-refractivity contribution >= 4 is 17.9 Å². The van der Waals surface area contributed by atoms with E-state index in [1.54, 1.807) is 0 Å². The largest absolute Gasteiger partial charge is 0.481 e. The van der Waals surface area contributed by atoms with Gasteiger partial charge in [0.05, 0.1) is 0 Å². The van der Waals surface area contributed by atoms with E-state index < -0.39 is 29.2 Å². The normalized spacial score (nSPS) is 23.8. The van der Waals surface area contributed by atoms with Crippen molar-refractivity contribution in [1.29, 1.82) is 0 Å². The molecule has 0 aromatic heterocycles. The summed E-state index contributed by atoms with van der Waals surface area (Å²) < 4.78 is 0. The summed E-state index contributed by atoms with van der Waals surface area (Å²) in [4.78, 5) is 33.2. The lowest BCUT2D eigenvalue weighted by atomic mass is 9.64. The fourth-order valence-corrected chi connectivity index (χ4v) is 2.17. The van der Waals surface area contributed by atoms with Gasteiger partial charge in [-0.05, 0) is 19.3 Å². The third-order valence-corrected chi connectivity index (χ3v) is 2.98. The second kappa shape index (κ2) is 3.96. The Morgan fingerprint density at radius 3 is 2.00 bits per heavy atom. The van der Waals surface area contributed by atoms with Gasteiger partial charge in [0.25, 0.3) is 0 Å². The Bertz CT molecular complexity index is 353. The molecule has 1 aliphatic carbocycles. The Hall–Kier alpha value is -1.85. The molecular formula is C10H12O6. The van der Waals surface area contributed by atoms with Crippen LogP contribution < -0.4 is 0 Å². The number of aliphatic carboxylic acids is 3. The molecule has 1 saturated carbocycles. The van der Waals surface area contributed by atoms with Crippen molar-refractivity contribution < 1.29 is 29.7 Å². The molecule has 0 spiro atoms. The predicted molar refractivity (Wildman–Crippen MR) is 51.8 cm³/mol. The van der Waals surface area contributed by atoms with E-state index in [1.165, 1.54) is 0 Å². The SMILES string of the molecule is C=C1CCCC(C(=O)O)(C(=O)O)C1C(=O)O. The predicted octanol–water partition coefficient (Wildman–Crippen LogP) is 0.583. The lowest BCUT2D eigenvalue weighted by Crippen LogP contribution is -2.51. The second-order valence-electron chi connectivity index (χ2n) is 3.86. The van der Waals surface area contributed by atoms with E-state index >= 15 is 0 Å². The van der Waals surface area contributed by atoms with Crippen LogP contribution in [0.3, 0.4) is 0 Å². The molecule has 1 atom stereocenters. The van der Waals surface area contributed by atoms with Gasteiger partial charge in [-0.25, -0.2) is 0 Å². The van der Waals surface area contributed by atoms with Crippen molar-refractivity contribution in [2.75, 3.05) is 0 Å². The number of hydrogen-bond donors (Lipinski definition) is 3. The van der Waals surface area contributed by atoms with Crippen molar-refractivity contribution in [1.82, 2.24) is 0 Å². The standard InChI is InChI=1S/C10H12O6/c1-5-3-2-4-10(8(13)14,9(15)16)6(5)7(11)12/h6H,1-4H2,(H,11,12)(H,13,14)(H,15,16). The van der Waals surface area contributed by atoms with E-state index in [1.807, 2.05) is 0 Å². The number of carboxylic acid groups (broad SMARTS) is 3. The number of hydrogen-bond acceptors (Lipinski definition) is 3. The first-order valence-electron chi connectivity index (χ1n) is 4.71. The average molecular weight is 228 g/mol. The van der Waals surface area contributed by atoms with Crippen LogP contribution in [0.1, 0.15) is 19.3 Å². The maximum Gasteiger partial charge on any atom is 0.322 e. The van der Waals surface area contributed by atoms with Gasteiger partial charge in [0.15, 0.2) is 5.41 Å². The van der Waals surface area contributed by atoms with Crippen LogP contribution in [-0.2, 0) is 14.4 Å². The van der Waals surface area contributed by atoms with E-state index in [0.717, 1.165) is 0 Å². The van der Waals surface area contributed by atoms with Gasteiger partial charge in [-0.15, -0.1) is 0 Å². The van der Waals surface area contributed by atoms with Gasteiger partial charge in [0.2, 0.25) is 0 Å². The molecule has 6 nitrogen and oxygen atoms in total. The summed E-state index contributed by atoms with van der Waals surface area (Å²) in [6.07, 6.45) is 0.480. The highest BCUT2D eigenvalue weighted by molar-refractivity contribution is 6.03. The minimum atomic E-state index is -2.28. The van der Waals surface area contributed by atoms with Crippen molar-refractivity contribution in [2.24, 2.45) is 11.3 Å². The fourth-order valence-electron chi connectivity index (χ4n) is 2.17. The summed E-state index contributed by atoms with van der Waals surface area (Å²) in [6, 6.07) is 0. The third kappa shape index (κ3) is 1.56. The summed E-state index contributed by atoms with van der Waals surface area (Å²) in [5.74, 6) is -6.24. The monoisotopic (exact) mass is 228 g/mol. The Labute approximate surface area is 91.2 Å². The van der Waals surface area contributed by atoms with Gasteiger partial charge in [-0.3, -0.25) is 14.4 Å². The van der Waals surface area contributed by atoms with E-state index in [-0.39, 0.29) is 12.0 Å². The van der Waals surface area contributed by atoms with E-state index in [4.69, 9.17) is 15.3 Å². The van der Waals surface area contributed by atoms with Crippen LogP contribution in [0.15, 0.2) is 12.2 Å². The van der Waals surface area contributed by atoms with Gasteiger partial charge in [-0.2, -0.15) is 0 Å². The minimum Gasteiger partial charge on any atom is -0.481 e. The van der Waals surface area contributed by atoms with Crippen molar-refractivity contribution in [2.45, 2.75) is 19.3 Å². The quantitative estimate of drug-likeness (QED) is 0.481. The molecule has 1 rings (SSSR count). The maximum absolute atomic E-state index is 11.1. The van der Waals surface area contributed by atoms with Crippen molar-refractivity contribution in [3.63, 3.8) is 0 Å². The van der Waals surface area contributed by atoms with Crippen LogP contribution in [-0.4, -0.2) is 33.2 Å². The van der Waals surface area contributed by atoms with Crippen LogP contribution in [0.4, 0.5) is 0 Å². The molecule has 0 aliphatic heterocycles. The molecule has 1 fully saturated rings. The minimum absolute atomic E-state index is 0.156. The zero-order chi connectivity index (χ0) is 12.5. The Kier molecular flexibility index (Phi) is 3.02. The molecule has 0 aromatic rings. The topological polar surface area (TPSA) is 112 Å². The molecule has 16 heavy (non-hydrogen) atoms. The van der Waals surface area contributed by atoms with Crippen LogP contribution in [0.5, 0.6) is 0 Å². The smallest absolute Gasteiger partial charge is 0.322 e. The van der Waals surface area contributed by atoms with E-state index in [0.29, 0.717) is 12.8 Å². The molecule has 0 aromatic carbocycles. The molecule has 0 bridgehead atoms. The zero-order valence-corrected chi connectivity index (χ0v) is 8.47. The van der Waals surface area contributed by atoms with Gasteiger partial charge in [-0.1, -0.05) is 12.2 Å². The van der Waals surface area contributed by atoms with Crippen LogP contribution in [0.25, 0.3) is 0 Å². The summed E-state index contributed by atoms with van der Waals surface area (Å²) in [5, 5.41) is 27.0. The Balaban J connectivity index is 3.33. The molecular weight excluding hydrogens is 216 g/mol. The van der Waals surface area contributed by atoms with Gasteiger partial charge >= 0.3 is 17.9 Å². The lowest BCUT2D eigenvalue weighted by Gasteiger charge is -2.35. The summed E-state index contributed by atoms with van der Waals surface area (Å²) in [5.41, 5.74) is -2.12. The second-order valence-corrected chi connectivity index (χ2v) is 3.86. The van der Waals surface area contributed by atoms with Crippen LogP contribution in [0, 0.1) is 11.3 Å². The number of rotatable bonds is 3. The molecule has 3 N–H and O–H groups in total. The van der Waals surface area contributed by atoms with Crippen molar-refractivity contribution in [3.8, 4) is 0 Å². The number of carbonyl (C=O) groups is 3. The highest BCUT2D eigenvalue weighted by Gasteiger charge is 2.58. The van der Waals surface area contributed by atoms with Crippen molar-refractivity contribution in [3.05, 3.63) is 12.2 Å². The number of carboxylic acids is 3. The van der Waals surface area contributed by atoms with Gasteiger partial charge < -0.3 is 15.3 Å². The zero-order valence-electron chi connectivity index (χ0n) is 8.47. The summed E-state index contributed by atoms with van der Waals surface area (Å²) in [7, 11) is 0. The van der Waals surface area contributed by atoms with Gasteiger partial charge in [0.1, 0.15) is 5.92 Å². The molecule has 0 amide bonds. The molecule has 6 heteroatoms. The van der Waals surface area contributed by atoms with E-state index in [9.17, 15) is 14.4 Å². The molecule has 1 aliphatic rings.